The highest BCUT2D eigenvalue weighted by Gasteiger charge is 2.44. The van der Waals surface area contributed by atoms with E-state index in [4.69, 9.17) is 9.47 Å². The molecule has 1 heterocycles. The Morgan fingerprint density at radius 1 is 0.412 bits per heavy atom. The van der Waals surface area contributed by atoms with Gasteiger partial charge >= 0.3 is 0 Å². The molecule has 1 aliphatic heterocycles. The van der Waals surface area contributed by atoms with Gasteiger partial charge < -0.3 is 40.3 Å². The van der Waals surface area contributed by atoms with Gasteiger partial charge in [0.1, 0.15) is 24.4 Å². The van der Waals surface area contributed by atoms with Crippen molar-refractivity contribution >= 4 is 5.91 Å². The van der Waals surface area contributed by atoms with Crippen LogP contribution in [-0.2, 0) is 14.3 Å². The summed E-state index contributed by atoms with van der Waals surface area (Å²) in [5, 5.41) is 54.7. The zero-order valence-corrected chi connectivity index (χ0v) is 54.8. The van der Waals surface area contributed by atoms with Gasteiger partial charge in [0.05, 0.1) is 25.4 Å². The van der Waals surface area contributed by atoms with E-state index in [2.05, 4.69) is 116 Å². The summed E-state index contributed by atoms with van der Waals surface area (Å²) in [5.74, 6) is -0.186. The second kappa shape index (κ2) is 63.9. The highest BCUT2D eigenvalue weighted by Crippen LogP contribution is 2.23. The Morgan fingerprint density at radius 2 is 0.741 bits per heavy atom. The van der Waals surface area contributed by atoms with E-state index in [1.807, 2.05) is 6.08 Å². The average molecular weight is 1190 g/mol. The van der Waals surface area contributed by atoms with Crippen molar-refractivity contribution in [3.63, 3.8) is 0 Å². The lowest BCUT2D eigenvalue weighted by molar-refractivity contribution is -0.302. The van der Waals surface area contributed by atoms with E-state index in [0.29, 0.717) is 6.42 Å². The molecule has 0 radical (unpaired) electrons. The molecule has 0 aromatic rings. The summed E-state index contributed by atoms with van der Waals surface area (Å²) in [6.45, 7) is 3.68. The van der Waals surface area contributed by atoms with Gasteiger partial charge in [-0.05, 0) is 89.9 Å². The molecular weight excluding hydrogens is 1050 g/mol. The van der Waals surface area contributed by atoms with E-state index in [1.165, 1.54) is 205 Å². The van der Waals surface area contributed by atoms with E-state index >= 15 is 0 Å². The first-order chi connectivity index (χ1) is 41.8. The summed E-state index contributed by atoms with van der Waals surface area (Å²) in [4.78, 5) is 13.1. The fraction of sp³-hybridized carbons (Fsp3) is 0.750. The number of hydrogen-bond donors (Lipinski definition) is 6. The highest BCUT2D eigenvalue weighted by molar-refractivity contribution is 5.76. The minimum Gasteiger partial charge on any atom is -0.394 e. The Hall–Kier alpha value is -3.15. The predicted molar refractivity (Wildman–Crippen MR) is 364 cm³/mol. The maximum Gasteiger partial charge on any atom is 0.220 e. The molecular formula is C76H133NO8. The van der Waals surface area contributed by atoms with Crippen molar-refractivity contribution < 1.29 is 39.8 Å². The SMILES string of the molecule is CC/C=C\C/C=C\C/C=C\C/C=C\C/C=C\C/C=C\C/C=C\CCCCCCCCCCCCCCCCCCCC(=O)NC(COC1OC(CO)C(O)C(O)C1O)C(O)/C=C/CC/C=C/CCCCCCCCCCCCCCCCCCC. The third-order valence-electron chi connectivity index (χ3n) is 16.3. The van der Waals surface area contributed by atoms with Crippen LogP contribution in [0.5, 0.6) is 0 Å². The van der Waals surface area contributed by atoms with Crippen LogP contribution in [0.15, 0.2) is 109 Å². The molecule has 1 fully saturated rings. The van der Waals surface area contributed by atoms with Crippen LogP contribution >= 0.6 is 0 Å². The fourth-order valence-corrected chi connectivity index (χ4v) is 10.8. The molecule has 1 amide bonds. The van der Waals surface area contributed by atoms with Crippen LogP contribution in [0.2, 0.25) is 0 Å². The van der Waals surface area contributed by atoms with Crippen LogP contribution in [0, 0.1) is 0 Å². The van der Waals surface area contributed by atoms with Gasteiger partial charge in [0, 0.05) is 6.42 Å². The Balaban J connectivity index is 2.12. The summed E-state index contributed by atoms with van der Waals surface area (Å²) in [6, 6.07) is -0.828. The molecule has 0 aliphatic carbocycles. The van der Waals surface area contributed by atoms with Crippen molar-refractivity contribution in [2.24, 2.45) is 0 Å². The summed E-state index contributed by atoms with van der Waals surface area (Å²) >= 11 is 0. The smallest absolute Gasteiger partial charge is 0.220 e. The number of amides is 1. The van der Waals surface area contributed by atoms with E-state index in [0.717, 1.165) is 83.5 Å². The molecule has 0 saturated carbocycles. The molecule has 6 N–H and O–H groups in total. The fourth-order valence-electron chi connectivity index (χ4n) is 10.8. The van der Waals surface area contributed by atoms with Gasteiger partial charge in [-0.25, -0.2) is 0 Å². The van der Waals surface area contributed by atoms with Gasteiger partial charge in [-0.15, -0.1) is 0 Å². The van der Waals surface area contributed by atoms with Crippen LogP contribution in [0.3, 0.4) is 0 Å². The lowest BCUT2D eigenvalue weighted by Gasteiger charge is -2.40. The normalized spacial score (nSPS) is 18.8. The standard InChI is InChI=1S/C76H133NO8/c1-3-5-7-9-11-13-15-17-19-21-23-25-27-28-29-30-31-32-33-34-35-36-37-38-39-40-41-42-44-46-48-50-52-54-56-58-60-62-64-66-72(80)77-69(68-84-76-75(83)74(82)73(81)71(67-78)85-76)70(79)65-63-61-59-57-55-53-51-49-47-45-43-26-24-22-20-18-16-14-12-10-8-6-4-2/h5,7,11,13,17,19,23,25,28-29,31-32,34-35,55,57,63,65,69-71,73-76,78-79,81-83H,3-4,6,8-10,12,14-16,18,20-22,24,26-27,30,33,36-54,56,58-62,64,66-68H2,1-2H3,(H,77,80)/b7-5-,13-11-,19-17-,25-23-,29-28-,32-31-,35-34-,57-55+,65-63+. The topological polar surface area (TPSA) is 149 Å². The molecule has 0 aromatic carbocycles. The molecule has 9 nitrogen and oxygen atoms in total. The first-order valence-corrected chi connectivity index (χ1v) is 35.6. The maximum atomic E-state index is 13.1. The van der Waals surface area contributed by atoms with Gasteiger partial charge in [0.15, 0.2) is 6.29 Å². The number of nitrogens with one attached hydrogen (secondary N) is 1. The van der Waals surface area contributed by atoms with Crippen molar-refractivity contribution in [3.05, 3.63) is 109 Å². The second-order valence-corrected chi connectivity index (χ2v) is 24.3. The Bertz CT molecular complexity index is 1710. The molecule has 0 bridgehead atoms. The maximum absolute atomic E-state index is 13.1. The quantitative estimate of drug-likeness (QED) is 0.0261. The number of allylic oxidation sites excluding steroid dienone is 17. The van der Waals surface area contributed by atoms with Crippen molar-refractivity contribution in [1.29, 1.82) is 0 Å². The lowest BCUT2D eigenvalue weighted by Crippen LogP contribution is -2.60. The van der Waals surface area contributed by atoms with Crippen LogP contribution < -0.4 is 5.32 Å². The number of rotatable bonds is 61. The number of carbonyl (C=O) groups is 1. The number of unbranched alkanes of at least 4 members (excludes halogenated alkanes) is 35. The van der Waals surface area contributed by atoms with Crippen LogP contribution in [0.4, 0.5) is 0 Å². The van der Waals surface area contributed by atoms with Gasteiger partial charge in [-0.3, -0.25) is 4.79 Å². The molecule has 7 atom stereocenters. The Labute approximate surface area is 523 Å². The largest absolute Gasteiger partial charge is 0.394 e. The number of ether oxygens (including phenoxy) is 2. The summed E-state index contributed by atoms with van der Waals surface area (Å²) in [7, 11) is 0. The minimum absolute atomic E-state index is 0.186. The minimum atomic E-state index is -1.58. The van der Waals surface area contributed by atoms with Crippen molar-refractivity contribution in [2.75, 3.05) is 13.2 Å². The summed E-state index contributed by atoms with van der Waals surface area (Å²) < 4.78 is 11.3. The van der Waals surface area contributed by atoms with Gasteiger partial charge in [0.2, 0.25) is 5.91 Å². The number of carbonyl (C=O) groups excluding carboxylic acids is 1. The molecule has 490 valence electrons. The number of aliphatic hydroxyl groups excluding tert-OH is 5. The van der Waals surface area contributed by atoms with Crippen LogP contribution in [0.1, 0.15) is 309 Å². The Morgan fingerprint density at radius 3 is 1.13 bits per heavy atom. The van der Waals surface area contributed by atoms with Crippen LogP contribution in [-0.4, -0.2) is 87.5 Å². The zero-order valence-electron chi connectivity index (χ0n) is 54.8. The molecule has 1 rings (SSSR count). The van der Waals surface area contributed by atoms with E-state index in [1.54, 1.807) is 6.08 Å². The highest BCUT2D eigenvalue weighted by atomic mass is 16.7. The lowest BCUT2D eigenvalue weighted by atomic mass is 9.99. The van der Waals surface area contributed by atoms with Gasteiger partial charge in [-0.1, -0.05) is 322 Å². The molecule has 1 aliphatic rings. The molecule has 85 heavy (non-hydrogen) atoms. The van der Waals surface area contributed by atoms with E-state index in [9.17, 15) is 30.3 Å². The summed E-state index contributed by atoms with van der Waals surface area (Å²) in [5.41, 5.74) is 0. The monoisotopic (exact) mass is 1190 g/mol. The average Bonchev–Trinajstić information content (AvgIpc) is 3.66. The second-order valence-electron chi connectivity index (χ2n) is 24.3. The summed E-state index contributed by atoms with van der Waals surface area (Å²) in [6.07, 6.45) is 87.7. The van der Waals surface area contributed by atoms with Crippen molar-refractivity contribution in [2.45, 2.75) is 352 Å². The third-order valence-corrected chi connectivity index (χ3v) is 16.3. The van der Waals surface area contributed by atoms with Gasteiger partial charge in [-0.2, -0.15) is 0 Å². The van der Waals surface area contributed by atoms with Crippen LogP contribution in [0.25, 0.3) is 0 Å². The molecule has 0 aromatic heterocycles. The molecule has 0 spiro atoms. The van der Waals surface area contributed by atoms with E-state index in [-0.39, 0.29) is 12.5 Å². The third kappa shape index (κ3) is 52.5. The first-order valence-electron chi connectivity index (χ1n) is 35.6. The Kier molecular flexibility index (Phi) is 60.0. The number of aliphatic hydroxyl groups is 5. The first kappa shape index (κ1) is 79.9. The molecule has 9 heteroatoms. The predicted octanol–water partition coefficient (Wildman–Crippen LogP) is 19.6. The van der Waals surface area contributed by atoms with Gasteiger partial charge in [0.25, 0.3) is 0 Å². The van der Waals surface area contributed by atoms with E-state index < -0.39 is 49.5 Å². The number of hydrogen-bond acceptors (Lipinski definition) is 8. The zero-order chi connectivity index (χ0) is 61.4. The molecule has 7 unspecified atom stereocenters. The van der Waals surface area contributed by atoms with Crippen molar-refractivity contribution in [1.82, 2.24) is 5.32 Å². The molecule has 1 saturated heterocycles. The van der Waals surface area contributed by atoms with Crippen molar-refractivity contribution in [3.8, 4) is 0 Å².